The number of benzene rings is 1. The van der Waals surface area contributed by atoms with Crippen molar-refractivity contribution < 1.29 is 0 Å². The first-order valence-electron chi connectivity index (χ1n) is 12.1. The largest absolute Gasteiger partial charge is 0.381 e. The van der Waals surface area contributed by atoms with Gasteiger partial charge in [-0.05, 0) is 69.8 Å². The number of hydrogen-bond acceptors (Lipinski definition) is 8. The highest BCUT2D eigenvalue weighted by Crippen LogP contribution is 2.27. The number of nitrogens with two attached hydrogens (primary N) is 1. The normalized spacial score (nSPS) is 21.1. The van der Waals surface area contributed by atoms with Crippen molar-refractivity contribution >= 4 is 17.3 Å². The number of anilines is 3. The molecule has 2 aliphatic rings. The first-order valence-corrected chi connectivity index (χ1v) is 12.1. The van der Waals surface area contributed by atoms with Crippen molar-refractivity contribution in [1.82, 2.24) is 25.1 Å². The summed E-state index contributed by atoms with van der Waals surface area (Å²) in [5, 5.41) is 24.3. The third-order valence-corrected chi connectivity index (χ3v) is 6.74. The molecule has 1 aliphatic carbocycles. The molecule has 1 saturated carbocycles. The Morgan fingerprint density at radius 1 is 1.06 bits per heavy atom. The van der Waals surface area contributed by atoms with Crippen LogP contribution in [0, 0.1) is 11.3 Å². The fourth-order valence-electron chi connectivity index (χ4n) is 4.85. The molecule has 0 bridgehead atoms. The summed E-state index contributed by atoms with van der Waals surface area (Å²) in [6.07, 6.45) is 13.9. The van der Waals surface area contributed by atoms with E-state index < -0.39 is 0 Å². The SMILES string of the molecule is N#Cc1ccc(Nc2ncc(-c3cnn(C4CCNCC4)c3)cn2)cc1NC1CCCC(N)C1. The molecule has 1 aliphatic heterocycles. The number of hydrogen-bond donors (Lipinski definition) is 4. The van der Waals surface area contributed by atoms with Crippen molar-refractivity contribution in [2.45, 2.75) is 56.7 Å². The second-order valence-corrected chi connectivity index (χ2v) is 9.25. The van der Waals surface area contributed by atoms with Crippen molar-refractivity contribution in [2.75, 3.05) is 23.7 Å². The molecule has 2 aromatic heterocycles. The van der Waals surface area contributed by atoms with E-state index in [1.165, 1.54) is 0 Å². The summed E-state index contributed by atoms with van der Waals surface area (Å²) in [6, 6.07) is 8.85. The molecule has 5 rings (SSSR count). The second-order valence-electron chi connectivity index (χ2n) is 9.25. The molecule has 1 aromatic carbocycles. The van der Waals surface area contributed by atoms with Crippen molar-refractivity contribution in [3.63, 3.8) is 0 Å². The molecule has 9 heteroatoms. The molecule has 1 saturated heterocycles. The fourth-order valence-corrected chi connectivity index (χ4v) is 4.85. The molecule has 176 valence electrons. The quantitative estimate of drug-likeness (QED) is 0.442. The zero-order valence-electron chi connectivity index (χ0n) is 19.2. The minimum absolute atomic E-state index is 0.219. The number of rotatable bonds is 6. The van der Waals surface area contributed by atoms with Crippen LogP contribution in [-0.4, -0.2) is 44.9 Å². The maximum absolute atomic E-state index is 9.53. The Morgan fingerprint density at radius 3 is 2.65 bits per heavy atom. The molecule has 3 heterocycles. The van der Waals surface area contributed by atoms with Crippen LogP contribution in [0.5, 0.6) is 0 Å². The lowest BCUT2D eigenvalue weighted by atomic mass is 9.91. The maximum atomic E-state index is 9.53. The van der Waals surface area contributed by atoms with Crippen LogP contribution >= 0.6 is 0 Å². The summed E-state index contributed by atoms with van der Waals surface area (Å²) in [5.41, 5.74) is 10.3. The zero-order valence-corrected chi connectivity index (χ0v) is 19.2. The number of nitrogens with one attached hydrogen (secondary N) is 3. The van der Waals surface area contributed by atoms with E-state index in [2.05, 4.69) is 48.0 Å². The van der Waals surface area contributed by atoms with Crippen molar-refractivity contribution in [2.24, 2.45) is 5.73 Å². The van der Waals surface area contributed by atoms with Gasteiger partial charge in [-0.2, -0.15) is 10.4 Å². The summed E-state index contributed by atoms with van der Waals surface area (Å²) in [5.74, 6) is 0.504. The average Bonchev–Trinajstić information content (AvgIpc) is 3.36. The number of aromatic nitrogens is 4. The lowest BCUT2D eigenvalue weighted by Crippen LogP contribution is -2.35. The Bertz CT molecular complexity index is 1140. The zero-order chi connectivity index (χ0) is 23.3. The summed E-state index contributed by atoms with van der Waals surface area (Å²) < 4.78 is 2.06. The van der Waals surface area contributed by atoms with Gasteiger partial charge >= 0.3 is 0 Å². The van der Waals surface area contributed by atoms with Gasteiger partial charge in [0.2, 0.25) is 5.95 Å². The molecule has 9 nitrogen and oxygen atoms in total. The van der Waals surface area contributed by atoms with Gasteiger partial charge in [0.15, 0.2) is 0 Å². The van der Waals surface area contributed by atoms with E-state index in [4.69, 9.17) is 5.73 Å². The van der Waals surface area contributed by atoms with Gasteiger partial charge < -0.3 is 21.7 Å². The molecule has 2 atom stereocenters. The number of piperidine rings is 1. The van der Waals surface area contributed by atoms with Crippen LogP contribution in [0.25, 0.3) is 11.1 Å². The van der Waals surface area contributed by atoms with Gasteiger partial charge in [-0.3, -0.25) is 4.68 Å². The summed E-state index contributed by atoms with van der Waals surface area (Å²) >= 11 is 0. The van der Waals surface area contributed by atoms with E-state index in [0.717, 1.165) is 74.1 Å². The highest BCUT2D eigenvalue weighted by atomic mass is 15.3. The summed E-state index contributed by atoms with van der Waals surface area (Å²) in [7, 11) is 0. The number of nitriles is 1. The molecular formula is C25H31N9. The van der Waals surface area contributed by atoms with Gasteiger partial charge in [0.1, 0.15) is 6.07 Å². The smallest absolute Gasteiger partial charge is 0.227 e. The molecular weight excluding hydrogens is 426 g/mol. The van der Waals surface area contributed by atoms with E-state index in [0.29, 0.717) is 17.6 Å². The first kappa shape index (κ1) is 22.3. The van der Waals surface area contributed by atoms with Crippen LogP contribution in [0.1, 0.15) is 50.1 Å². The van der Waals surface area contributed by atoms with Crippen LogP contribution in [0.15, 0.2) is 43.0 Å². The maximum Gasteiger partial charge on any atom is 0.227 e. The molecule has 34 heavy (non-hydrogen) atoms. The second kappa shape index (κ2) is 10.2. The molecule has 3 aromatic rings. The predicted molar refractivity (Wildman–Crippen MR) is 133 cm³/mol. The lowest BCUT2D eigenvalue weighted by molar-refractivity contribution is 0.343. The van der Waals surface area contributed by atoms with E-state index in [1.54, 1.807) is 0 Å². The summed E-state index contributed by atoms with van der Waals surface area (Å²) in [4.78, 5) is 9.00. The Labute approximate surface area is 199 Å². The van der Waals surface area contributed by atoms with Crippen molar-refractivity contribution in [3.05, 3.63) is 48.5 Å². The van der Waals surface area contributed by atoms with Gasteiger partial charge in [0, 0.05) is 47.5 Å². The fraction of sp³-hybridized carbons (Fsp3) is 0.440. The third-order valence-electron chi connectivity index (χ3n) is 6.74. The molecule has 0 spiro atoms. The topological polar surface area (TPSA) is 130 Å². The Balaban J connectivity index is 1.26. The van der Waals surface area contributed by atoms with Gasteiger partial charge in [-0.1, -0.05) is 0 Å². The molecule has 0 amide bonds. The van der Waals surface area contributed by atoms with Crippen molar-refractivity contribution in [1.29, 1.82) is 5.26 Å². The Morgan fingerprint density at radius 2 is 1.88 bits per heavy atom. The first-order chi connectivity index (χ1) is 16.7. The van der Waals surface area contributed by atoms with E-state index in [1.807, 2.05) is 36.8 Å². The van der Waals surface area contributed by atoms with Crippen LogP contribution in [0.2, 0.25) is 0 Å². The van der Waals surface area contributed by atoms with Crippen LogP contribution in [0.3, 0.4) is 0 Å². The lowest BCUT2D eigenvalue weighted by Gasteiger charge is -2.28. The Hall–Kier alpha value is -3.48. The molecule has 5 N–H and O–H groups in total. The van der Waals surface area contributed by atoms with Gasteiger partial charge in [0.25, 0.3) is 0 Å². The van der Waals surface area contributed by atoms with Gasteiger partial charge in [-0.25, -0.2) is 9.97 Å². The minimum Gasteiger partial charge on any atom is -0.381 e. The standard InChI is InChI=1S/C25H31N9/c26-12-17-4-5-22(11-24(17)32-21-3-1-2-20(27)10-21)33-25-29-13-18(14-30-25)19-15-31-34(16-19)23-6-8-28-9-7-23/h4-5,11,13-16,20-21,23,28,32H,1-3,6-10,27H2,(H,29,30,33). The van der Waals surface area contributed by atoms with Crippen LogP contribution < -0.4 is 21.7 Å². The van der Waals surface area contributed by atoms with Crippen LogP contribution in [0.4, 0.5) is 17.3 Å². The Kier molecular flexibility index (Phi) is 6.70. The van der Waals surface area contributed by atoms with Gasteiger partial charge in [-0.15, -0.1) is 0 Å². The molecule has 2 unspecified atom stereocenters. The highest BCUT2D eigenvalue weighted by molar-refractivity contribution is 5.68. The van der Waals surface area contributed by atoms with E-state index in [-0.39, 0.29) is 12.1 Å². The monoisotopic (exact) mass is 457 g/mol. The summed E-state index contributed by atoms with van der Waals surface area (Å²) in [6.45, 7) is 2.06. The minimum atomic E-state index is 0.219. The molecule has 0 radical (unpaired) electrons. The van der Waals surface area contributed by atoms with Gasteiger partial charge in [0.05, 0.1) is 23.5 Å². The van der Waals surface area contributed by atoms with E-state index in [9.17, 15) is 5.26 Å². The third kappa shape index (κ3) is 5.19. The average molecular weight is 458 g/mol. The van der Waals surface area contributed by atoms with Crippen molar-refractivity contribution in [3.8, 4) is 17.2 Å². The van der Waals surface area contributed by atoms with Crippen LogP contribution in [-0.2, 0) is 0 Å². The number of nitrogens with zero attached hydrogens (tertiary/aromatic N) is 5. The predicted octanol–water partition coefficient (Wildman–Crippen LogP) is 3.56. The van der Waals surface area contributed by atoms with E-state index >= 15 is 0 Å². The molecule has 2 fully saturated rings. The highest BCUT2D eigenvalue weighted by Gasteiger charge is 2.20.